The molecule has 1 atom stereocenters. The molecule has 0 aromatic heterocycles. The summed E-state index contributed by atoms with van der Waals surface area (Å²) in [6, 6.07) is 4.26. The number of rotatable bonds is 2. The van der Waals surface area contributed by atoms with Crippen LogP contribution < -0.4 is 5.32 Å². The predicted molar refractivity (Wildman–Crippen MR) is 67.5 cm³/mol. The molecular weight excluding hydrogens is 217 g/mol. The lowest BCUT2D eigenvalue weighted by Crippen LogP contribution is -2.41. The lowest BCUT2D eigenvalue weighted by Gasteiger charge is -2.28. The molecule has 0 radical (unpaired) electrons. The zero-order chi connectivity index (χ0) is 13.2. The standard InChI is InChI=1S/C14H20FNO/c1-9-8-11(15)6-7-12(9)13(17)16-10(2)14(3,4)5/h6-8,10H,1-5H3,(H,16,17). The second-order valence-electron chi connectivity index (χ2n) is 5.52. The van der Waals surface area contributed by atoms with E-state index in [9.17, 15) is 9.18 Å². The van der Waals surface area contributed by atoms with Crippen molar-refractivity contribution in [2.75, 3.05) is 0 Å². The highest BCUT2D eigenvalue weighted by Gasteiger charge is 2.22. The topological polar surface area (TPSA) is 29.1 Å². The Balaban J connectivity index is 2.84. The number of halogens is 1. The van der Waals surface area contributed by atoms with Crippen molar-refractivity contribution in [1.82, 2.24) is 5.32 Å². The van der Waals surface area contributed by atoms with Crippen LogP contribution in [-0.4, -0.2) is 11.9 Å². The number of carbonyl (C=O) groups excluding carboxylic acids is 1. The van der Waals surface area contributed by atoms with Gasteiger partial charge in [-0.2, -0.15) is 0 Å². The number of aryl methyl sites for hydroxylation is 1. The maximum Gasteiger partial charge on any atom is 0.251 e. The van der Waals surface area contributed by atoms with Gasteiger partial charge < -0.3 is 5.32 Å². The quantitative estimate of drug-likeness (QED) is 0.840. The summed E-state index contributed by atoms with van der Waals surface area (Å²) >= 11 is 0. The van der Waals surface area contributed by atoms with Crippen molar-refractivity contribution >= 4 is 5.91 Å². The first-order valence-corrected chi connectivity index (χ1v) is 5.79. The van der Waals surface area contributed by atoms with Crippen LogP contribution in [0.4, 0.5) is 4.39 Å². The number of hydrogen-bond acceptors (Lipinski definition) is 1. The van der Waals surface area contributed by atoms with Crippen molar-refractivity contribution in [2.45, 2.75) is 40.7 Å². The minimum atomic E-state index is -0.317. The third-order valence-corrected chi connectivity index (χ3v) is 3.08. The summed E-state index contributed by atoms with van der Waals surface area (Å²) in [5.74, 6) is -0.465. The van der Waals surface area contributed by atoms with Gasteiger partial charge in [-0.3, -0.25) is 4.79 Å². The van der Waals surface area contributed by atoms with Crippen LogP contribution in [0.2, 0.25) is 0 Å². The molecule has 1 amide bonds. The maximum atomic E-state index is 12.9. The van der Waals surface area contributed by atoms with Crippen LogP contribution >= 0.6 is 0 Å². The summed E-state index contributed by atoms with van der Waals surface area (Å²) < 4.78 is 12.9. The van der Waals surface area contributed by atoms with Crippen LogP contribution in [0.5, 0.6) is 0 Å². The average molecular weight is 237 g/mol. The van der Waals surface area contributed by atoms with Crippen molar-refractivity contribution < 1.29 is 9.18 Å². The zero-order valence-corrected chi connectivity index (χ0v) is 11.1. The summed E-state index contributed by atoms with van der Waals surface area (Å²) in [6.45, 7) is 9.90. The summed E-state index contributed by atoms with van der Waals surface area (Å²) in [4.78, 5) is 12.0. The van der Waals surface area contributed by atoms with Gasteiger partial charge >= 0.3 is 0 Å². The predicted octanol–water partition coefficient (Wildman–Crippen LogP) is 3.30. The van der Waals surface area contributed by atoms with E-state index in [1.807, 2.05) is 6.92 Å². The third kappa shape index (κ3) is 3.55. The third-order valence-electron chi connectivity index (χ3n) is 3.08. The summed E-state index contributed by atoms with van der Waals surface area (Å²) in [7, 11) is 0. The molecule has 1 rings (SSSR count). The second-order valence-corrected chi connectivity index (χ2v) is 5.52. The first-order chi connectivity index (χ1) is 7.71. The molecule has 3 heteroatoms. The van der Waals surface area contributed by atoms with Crippen molar-refractivity contribution in [2.24, 2.45) is 5.41 Å². The molecule has 0 aliphatic heterocycles. The number of nitrogens with one attached hydrogen (secondary N) is 1. The van der Waals surface area contributed by atoms with Crippen molar-refractivity contribution in [3.8, 4) is 0 Å². The SMILES string of the molecule is Cc1cc(F)ccc1C(=O)NC(C)C(C)(C)C. The summed E-state index contributed by atoms with van der Waals surface area (Å²) in [5, 5.41) is 2.94. The van der Waals surface area contributed by atoms with Crippen LogP contribution in [0, 0.1) is 18.2 Å². The van der Waals surface area contributed by atoms with Crippen LogP contribution in [0.1, 0.15) is 43.6 Å². The van der Waals surface area contributed by atoms with Gasteiger partial charge in [-0.1, -0.05) is 20.8 Å². The van der Waals surface area contributed by atoms with Gasteiger partial charge in [0.15, 0.2) is 0 Å². The maximum absolute atomic E-state index is 12.9. The Morgan fingerprint density at radius 1 is 1.35 bits per heavy atom. The molecule has 0 saturated carbocycles. The highest BCUT2D eigenvalue weighted by molar-refractivity contribution is 5.95. The molecule has 1 aromatic carbocycles. The summed E-state index contributed by atoms with van der Waals surface area (Å²) in [5.41, 5.74) is 1.19. The largest absolute Gasteiger partial charge is 0.349 e. The van der Waals surface area contributed by atoms with E-state index in [1.54, 1.807) is 6.92 Å². The number of hydrogen-bond donors (Lipinski definition) is 1. The van der Waals surface area contributed by atoms with Crippen LogP contribution in [-0.2, 0) is 0 Å². The Morgan fingerprint density at radius 3 is 2.41 bits per heavy atom. The molecule has 94 valence electrons. The van der Waals surface area contributed by atoms with E-state index in [2.05, 4.69) is 26.1 Å². The van der Waals surface area contributed by atoms with E-state index in [1.165, 1.54) is 18.2 Å². The van der Waals surface area contributed by atoms with Gasteiger partial charge in [0.25, 0.3) is 5.91 Å². The molecule has 2 nitrogen and oxygen atoms in total. The van der Waals surface area contributed by atoms with E-state index in [0.717, 1.165) is 0 Å². The fourth-order valence-electron chi connectivity index (χ4n) is 1.37. The van der Waals surface area contributed by atoms with Gasteiger partial charge in [0.2, 0.25) is 0 Å². The molecule has 0 heterocycles. The lowest BCUT2D eigenvalue weighted by molar-refractivity contribution is 0.0909. The minimum Gasteiger partial charge on any atom is -0.349 e. The summed E-state index contributed by atoms with van der Waals surface area (Å²) in [6.07, 6.45) is 0. The van der Waals surface area contributed by atoms with Crippen LogP contribution in [0.25, 0.3) is 0 Å². The van der Waals surface area contributed by atoms with Crippen molar-refractivity contribution in [1.29, 1.82) is 0 Å². The van der Waals surface area contributed by atoms with Gasteiger partial charge in [-0.05, 0) is 43.0 Å². The average Bonchev–Trinajstić information content (AvgIpc) is 2.15. The monoisotopic (exact) mass is 237 g/mol. The Morgan fingerprint density at radius 2 is 1.94 bits per heavy atom. The molecule has 0 aliphatic carbocycles. The first-order valence-electron chi connectivity index (χ1n) is 5.79. The molecule has 0 fully saturated rings. The first kappa shape index (κ1) is 13.7. The second kappa shape index (κ2) is 4.86. The van der Waals surface area contributed by atoms with Crippen LogP contribution in [0.3, 0.4) is 0 Å². The van der Waals surface area contributed by atoms with E-state index < -0.39 is 0 Å². The van der Waals surface area contributed by atoms with Gasteiger partial charge in [-0.25, -0.2) is 4.39 Å². The molecular formula is C14H20FNO. The van der Waals surface area contributed by atoms with Gasteiger partial charge in [0.05, 0.1) is 0 Å². The molecule has 0 aliphatic rings. The number of carbonyl (C=O) groups is 1. The normalized spacial score (nSPS) is 13.3. The molecule has 0 spiro atoms. The van der Waals surface area contributed by atoms with E-state index in [-0.39, 0.29) is 23.2 Å². The number of benzene rings is 1. The highest BCUT2D eigenvalue weighted by atomic mass is 19.1. The van der Waals surface area contributed by atoms with Gasteiger partial charge in [-0.15, -0.1) is 0 Å². The molecule has 0 saturated heterocycles. The Bertz CT molecular complexity index is 421. The highest BCUT2D eigenvalue weighted by Crippen LogP contribution is 2.19. The van der Waals surface area contributed by atoms with Gasteiger partial charge in [0.1, 0.15) is 5.82 Å². The fourth-order valence-corrected chi connectivity index (χ4v) is 1.37. The van der Waals surface area contributed by atoms with Crippen LogP contribution in [0.15, 0.2) is 18.2 Å². The smallest absolute Gasteiger partial charge is 0.251 e. The zero-order valence-electron chi connectivity index (χ0n) is 11.1. The van der Waals surface area contributed by atoms with E-state index in [4.69, 9.17) is 0 Å². The van der Waals surface area contributed by atoms with Crippen molar-refractivity contribution in [3.05, 3.63) is 35.1 Å². The Labute approximate surface area is 102 Å². The molecule has 1 aromatic rings. The Hall–Kier alpha value is -1.38. The number of amides is 1. The fraction of sp³-hybridized carbons (Fsp3) is 0.500. The van der Waals surface area contributed by atoms with Gasteiger partial charge in [0, 0.05) is 11.6 Å². The minimum absolute atomic E-state index is 0.00357. The van der Waals surface area contributed by atoms with E-state index >= 15 is 0 Å². The molecule has 17 heavy (non-hydrogen) atoms. The molecule has 1 N–H and O–H groups in total. The Kier molecular flexibility index (Phi) is 3.91. The van der Waals surface area contributed by atoms with E-state index in [0.29, 0.717) is 11.1 Å². The lowest BCUT2D eigenvalue weighted by atomic mass is 9.88. The molecule has 1 unspecified atom stereocenters. The molecule has 0 bridgehead atoms. The van der Waals surface area contributed by atoms with Crippen molar-refractivity contribution in [3.63, 3.8) is 0 Å².